The lowest BCUT2D eigenvalue weighted by molar-refractivity contribution is 0.0983. The molecule has 0 unspecified atom stereocenters. The first-order valence-electron chi connectivity index (χ1n) is 11.9. The summed E-state index contributed by atoms with van der Waals surface area (Å²) < 4.78 is 19.5. The van der Waals surface area contributed by atoms with Gasteiger partial charge in [0.15, 0.2) is 11.6 Å². The molecule has 5 aromatic rings. The fourth-order valence-electron chi connectivity index (χ4n) is 4.45. The highest BCUT2D eigenvalue weighted by atomic mass is 19.1. The molecule has 0 aliphatic carbocycles. The second-order valence-corrected chi connectivity index (χ2v) is 8.79. The Labute approximate surface area is 213 Å². The first kappa shape index (κ1) is 23.9. The first-order valence-corrected chi connectivity index (χ1v) is 11.9. The van der Waals surface area contributed by atoms with E-state index in [1.807, 2.05) is 42.5 Å². The van der Waals surface area contributed by atoms with Gasteiger partial charge in [0.2, 0.25) is 0 Å². The molecule has 0 aliphatic rings. The maximum atomic E-state index is 13.5. The van der Waals surface area contributed by atoms with Crippen molar-refractivity contribution in [2.75, 3.05) is 0 Å². The van der Waals surface area contributed by atoms with Crippen molar-refractivity contribution in [2.45, 2.75) is 19.8 Å². The lowest BCUT2D eigenvalue weighted by Gasteiger charge is -2.07. The van der Waals surface area contributed by atoms with E-state index in [-0.39, 0.29) is 23.8 Å². The number of furan rings is 1. The van der Waals surface area contributed by atoms with E-state index in [1.54, 1.807) is 43.3 Å². The average molecular weight is 488 g/mol. The van der Waals surface area contributed by atoms with Gasteiger partial charge in [0.25, 0.3) is 0 Å². The van der Waals surface area contributed by atoms with Gasteiger partial charge in [0, 0.05) is 29.4 Å². The van der Waals surface area contributed by atoms with Gasteiger partial charge in [-0.05, 0) is 71.3 Å². The van der Waals surface area contributed by atoms with Gasteiger partial charge in [0.1, 0.15) is 17.2 Å². The third kappa shape index (κ3) is 4.82. The third-order valence-electron chi connectivity index (χ3n) is 6.33. The molecule has 180 valence electrons. The van der Waals surface area contributed by atoms with Crippen molar-refractivity contribution in [2.24, 2.45) is 0 Å². The SMILES string of the molecule is CCC(=O)c1c(-c2ccc(F)cc2)oc2ccc(-c3cccc(C(=O)Cc4cccc(C#N)c4)c3)cc12. The molecule has 5 heteroatoms. The molecule has 0 fully saturated rings. The maximum Gasteiger partial charge on any atom is 0.167 e. The zero-order valence-electron chi connectivity index (χ0n) is 20.1. The zero-order chi connectivity index (χ0) is 25.9. The summed E-state index contributed by atoms with van der Waals surface area (Å²) in [7, 11) is 0. The number of nitrogens with zero attached hydrogens (tertiary/aromatic N) is 1. The molecular weight excluding hydrogens is 465 g/mol. The Hall–Kier alpha value is -4.82. The van der Waals surface area contributed by atoms with Gasteiger partial charge in [-0.15, -0.1) is 0 Å². The van der Waals surface area contributed by atoms with Crippen LogP contribution >= 0.6 is 0 Å². The molecule has 1 aromatic heterocycles. The van der Waals surface area contributed by atoms with Gasteiger partial charge in [0.05, 0.1) is 17.2 Å². The first-order chi connectivity index (χ1) is 18.0. The summed E-state index contributed by atoms with van der Waals surface area (Å²) in [5.41, 5.74) is 5.19. The van der Waals surface area contributed by atoms with E-state index in [0.29, 0.717) is 45.4 Å². The number of halogens is 1. The minimum atomic E-state index is -0.363. The average Bonchev–Trinajstić information content (AvgIpc) is 3.32. The van der Waals surface area contributed by atoms with E-state index in [9.17, 15) is 14.0 Å². The Bertz CT molecular complexity index is 1690. The molecule has 0 saturated heterocycles. The lowest BCUT2D eigenvalue weighted by atomic mass is 9.95. The van der Waals surface area contributed by atoms with E-state index in [0.717, 1.165) is 16.7 Å². The van der Waals surface area contributed by atoms with E-state index >= 15 is 0 Å². The molecule has 1 heterocycles. The van der Waals surface area contributed by atoms with Crippen LogP contribution in [0.3, 0.4) is 0 Å². The minimum absolute atomic E-state index is 0.0539. The maximum absolute atomic E-state index is 13.5. The molecule has 0 atom stereocenters. The van der Waals surface area contributed by atoms with Crippen LogP contribution in [0.4, 0.5) is 4.39 Å². The van der Waals surface area contributed by atoms with Crippen LogP contribution in [0, 0.1) is 17.1 Å². The monoisotopic (exact) mass is 487 g/mol. The Kier molecular flexibility index (Phi) is 6.49. The predicted octanol–water partition coefficient (Wildman–Crippen LogP) is 7.80. The number of benzene rings is 4. The number of nitriles is 1. The van der Waals surface area contributed by atoms with E-state index in [1.165, 1.54) is 12.1 Å². The van der Waals surface area contributed by atoms with E-state index < -0.39 is 0 Å². The summed E-state index contributed by atoms with van der Waals surface area (Å²) in [4.78, 5) is 26.0. The van der Waals surface area contributed by atoms with Crippen LogP contribution in [0.5, 0.6) is 0 Å². The summed E-state index contributed by atoms with van der Waals surface area (Å²) in [6.07, 6.45) is 0.486. The van der Waals surface area contributed by atoms with Crippen LogP contribution in [0.2, 0.25) is 0 Å². The Balaban J connectivity index is 1.53. The van der Waals surface area contributed by atoms with Crippen molar-refractivity contribution in [3.8, 4) is 28.5 Å². The van der Waals surface area contributed by atoms with Gasteiger partial charge in [-0.2, -0.15) is 5.26 Å². The molecule has 0 aliphatic heterocycles. The molecular formula is C32H22FNO3. The van der Waals surface area contributed by atoms with Crippen molar-refractivity contribution >= 4 is 22.5 Å². The highest BCUT2D eigenvalue weighted by Gasteiger charge is 2.21. The summed E-state index contributed by atoms with van der Waals surface area (Å²) >= 11 is 0. The molecule has 0 saturated carbocycles. The van der Waals surface area contributed by atoms with Gasteiger partial charge in [-0.25, -0.2) is 4.39 Å². The van der Waals surface area contributed by atoms with E-state index in [4.69, 9.17) is 9.68 Å². The molecule has 0 N–H and O–H groups in total. The van der Waals surface area contributed by atoms with Crippen LogP contribution < -0.4 is 0 Å². The Morgan fingerprint density at radius 2 is 1.57 bits per heavy atom. The van der Waals surface area contributed by atoms with Crippen molar-refractivity contribution < 1.29 is 18.4 Å². The van der Waals surface area contributed by atoms with Crippen molar-refractivity contribution in [3.05, 3.63) is 119 Å². The lowest BCUT2D eigenvalue weighted by Crippen LogP contribution is -2.04. The normalized spacial score (nSPS) is 10.8. The summed E-state index contributed by atoms with van der Waals surface area (Å²) in [6, 6.07) is 28.0. The quantitative estimate of drug-likeness (QED) is 0.220. The van der Waals surface area contributed by atoms with Crippen LogP contribution in [-0.2, 0) is 6.42 Å². The molecule has 0 amide bonds. The van der Waals surface area contributed by atoms with Crippen molar-refractivity contribution in [1.29, 1.82) is 5.26 Å². The standard InChI is InChI=1S/C32H22FNO3/c1-2-28(35)31-27-18-24(11-14-30(27)37-32(31)22-9-12-26(33)13-10-22)23-7-4-8-25(17-23)29(36)16-20-5-3-6-21(15-20)19-34/h3-15,17-18H,2,16H2,1H3. The molecule has 4 nitrogen and oxygen atoms in total. The van der Waals surface area contributed by atoms with Crippen LogP contribution in [0.15, 0.2) is 95.4 Å². The number of ketones is 2. The summed E-state index contributed by atoms with van der Waals surface area (Å²) in [5.74, 6) is -0.0687. The van der Waals surface area contributed by atoms with Gasteiger partial charge < -0.3 is 4.42 Å². The van der Waals surface area contributed by atoms with Crippen molar-refractivity contribution in [3.63, 3.8) is 0 Å². The Morgan fingerprint density at radius 1 is 0.838 bits per heavy atom. The molecule has 0 radical (unpaired) electrons. The highest BCUT2D eigenvalue weighted by Crippen LogP contribution is 2.37. The van der Waals surface area contributed by atoms with Gasteiger partial charge >= 0.3 is 0 Å². The van der Waals surface area contributed by atoms with Gasteiger partial charge in [-0.3, -0.25) is 9.59 Å². The Morgan fingerprint density at radius 3 is 2.32 bits per heavy atom. The second kappa shape index (κ2) is 10.0. The number of rotatable bonds is 7. The molecule has 0 bridgehead atoms. The number of hydrogen-bond donors (Lipinski definition) is 0. The summed E-state index contributed by atoms with van der Waals surface area (Å²) in [6.45, 7) is 1.79. The third-order valence-corrected chi connectivity index (χ3v) is 6.33. The van der Waals surface area contributed by atoms with Gasteiger partial charge in [-0.1, -0.05) is 43.3 Å². The number of Topliss-reactive ketones (excluding diaryl/α,β-unsaturated/α-hetero) is 2. The second-order valence-electron chi connectivity index (χ2n) is 8.79. The van der Waals surface area contributed by atoms with E-state index in [2.05, 4.69) is 6.07 Å². The number of fused-ring (bicyclic) bond motifs is 1. The molecule has 4 aromatic carbocycles. The van der Waals surface area contributed by atoms with Crippen LogP contribution in [-0.4, -0.2) is 11.6 Å². The predicted molar refractivity (Wildman–Crippen MR) is 141 cm³/mol. The number of hydrogen-bond acceptors (Lipinski definition) is 4. The highest BCUT2D eigenvalue weighted by molar-refractivity contribution is 6.12. The topological polar surface area (TPSA) is 71.1 Å². The number of carbonyl (C=O) groups excluding carboxylic acids is 2. The molecule has 0 spiro atoms. The smallest absolute Gasteiger partial charge is 0.167 e. The van der Waals surface area contributed by atoms with Crippen molar-refractivity contribution in [1.82, 2.24) is 0 Å². The fraction of sp³-hybridized carbons (Fsp3) is 0.0938. The van der Waals surface area contributed by atoms with Crippen LogP contribution in [0.25, 0.3) is 33.4 Å². The van der Waals surface area contributed by atoms with Crippen LogP contribution in [0.1, 0.15) is 45.2 Å². The molecule has 5 rings (SSSR count). The molecule has 37 heavy (non-hydrogen) atoms. The minimum Gasteiger partial charge on any atom is -0.455 e. The largest absolute Gasteiger partial charge is 0.455 e. The number of carbonyl (C=O) groups is 2. The summed E-state index contributed by atoms with van der Waals surface area (Å²) in [5, 5.41) is 9.79. The zero-order valence-corrected chi connectivity index (χ0v) is 20.1. The fourth-order valence-corrected chi connectivity index (χ4v) is 4.45.